The molecular weight excluding hydrogens is 314 g/mol. The summed E-state index contributed by atoms with van der Waals surface area (Å²) in [4.78, 5) is 21.5. The van der Waals surface area contributed by atoms with Crippen LogP contribution in [0, 0.1) is 6.92 Å². The molecule has 25 heavy (non-hydrogen) atoms. The van der Waals surface area contributed by atoms with Gasteiger partial charge in [0.1, 0.15) is 0 Å². The van der Waals surface area contributed by atoms with Gasteiger partial charge in [0.2, 0.25) is 0 Å². The maximum Gasteiger partial charge on any atom is 0.255 e. The van der Waals surface area contributed by atoms with Crippen molar-refractivity contribution >= 4 is 5.91 Å². The van der Waals surface area contributed by atoms with Gasteiger partial charge in [0.25, 0.3) is 5.91 Å². The summed E-state index contributed by atoms with van der Waals surface area (Å²) < 4.78 is 6.59. The van der Waals surface area contributed by atoms with Gasteiger partial charge in [0.15, 0.2) is 0 Å². The minimum Gasteiger partial charge on any atom is -0.369 e. The molecule has 1 aromatic rings. The summed E-state index contributed by atoms with van der Waals surface area (Å²) in [5.74, 6) is 0.0957. The monoisotopic (exact) mass is 343 g/mol. The van der Waals surface area contributed by atoms with Gasteiger partial charge >= 0.3 is 0 Å². The lowest BCUT2D eigenvalue weighted by atomic mass is 9.90. The van der Waals surface area contributed by atoms with E-state index in [1.807, 2.05) is 17.9 Å². The van der Waals surface area contributed by atoms with E-state index in [9.17, 15) is 4.79 Å². The zero-order valence-electron chi connectivity index (χ0n) is 15.2. The first-order chi connectivity index (χ1) is 12.1. The minimum atomic E-state index is -0.116. The zero-order valence-corrected chi connectivity index (χ0v) is 15.2. The predicted molar refractivity (Wildman–Crippen MR) is 96.6 cm³/mol. The Morgan fingerprint density at radius 3 is 2.88 bits per heavy atom. The van der Waals surface area contributed by atoms with Gasteiger partial charge in [-0.05, 0) is 70.2 Å². The Kier molecular flexibility index (Phi) is 4.78. The fourth-order valence-corrected chi connectivity index (χ4v) is 4.68. The molecule has 4 rings (SSSR count). The van der Waals surface area contributed by atoms with Crippen molar-refractivity contribution in [3.8, 4) is 0 Å². The fraction of sp³-hybridized carbons (Fsp3) is 0.700. The number of carbonyl (C=O) groups excluding carboxylic acids is 1. The second-order valence-corrected chi connectivity index (χ2v) is 8.05. The highest BCUT2D eigenvalue weighted by Gasteiger charge is 2.44. The van der Waals surface area contributed by atoms with Crippen molar-refractivity contribution in [2.24, 2.45) is 0 Å². The van der Waals surface area contributed by atoms with Crippen LogP contribution in [0.2, 0.25) is 0 Å². The van der Waals surface area contributed by atoms with Crippen molar-refractivity contribution in [3.63, 3.8) is 0 Å². The van der Waals surface area contributed by atoms with Gasteiger partial charge in [0, 0.05) is 25.5 Å². The van der Waals surface area contributed by atoms with Gasteiger partial charge in [0.05, 0.1) is 23.8 Å². The van der Waals surface area contributed by atoms with Gasteiger partial charge in [-0.3, -0.25) is 9.78 Å². The van der Waals surface area contributed by atoms with Gasteiger partial charge in [-0.2, -0.15) is 0 Å². The van der Waals surface area contributed by atoms with Crippen LogP contribution in [0.15, 0.2) is 18.5 Å². The van der Waals surface area contributed by atoms with E-state index >= 15 is 0 Å². The van der Waals surface area contributed by atoms with E-state index in [1.54, 1.807) is 12.4 Å². The summed E-state index contributed by atoms with van der Waals surface area (Å²) in [6, 6.07) is 1.93. The molecule has 3 saturated heterocycles. The lowest BCUT2D eigenvalue weighted by molar-refractivity contribution is -0.126. The molecule has 1 amide bonds. The molecule has 0 radical (unpaired) electrons. The van der Waals surface area contributed by atoms with Crippen LogP contribution in [-0.4, -0.2) is 65.1 Å². The Bertz CT molecular complexity index is 629. The molecule has 0 N–H and O–H groups in total. The molecule has 136 valence electrons. The van der Waals surface area contributed by atoms with Crippen LogP contribution in [0.1, 0.15) is 54.4 Å². The summed E-state index contributed by atoms with van der Waals surface area (Å²) in [5.41, 5.74) is 1.61. The number of hydrogen-bond acceptors (Lipinski definition) is 4. The van der Waals surface area contributed by atoms with E-state index in [2.05, 4.69) is 9.88 Å². The highest BCUT2D eigenvalue weighted by Crippen LogP contribution is 2.37. The number of aryl methyl sites for hydroxylation is 1. The van der Waals surface area contributed by atoms with Gasteiger partial charge in [-0.15, -0.1) is 0 Å². The largest absolute Gasteiger partial charge is 0.369 e. The topological polar surface area (TPSA) is 45.7 Å². The standard InChI is InChI=1S/C20H29N3O2/c1-16-11-17(13-21-12-16)19(24)23-10-7-20(15-23)6-4-5-18(25-20)14-22-8-2-3-9-22/h11-13,18H,2-10,14-15H2,1H3/t18-,20-/m1/s1. The highest BCUT2D eigenvalue weighted by atomic mass is 16.5. The summed E-state index contributed by atoms with van der Waals surface area (Å²) in [7, 11) is 0. The Balaban J connectivity index is 1.39. The molecule has 3 aliphatic heterocycles. The van der Waals surface area contributed by atoms with E-state index in [0.717, 1.165) is 44.5 Å². The molecule has 0 aliphatic carbocycles. The Labute approximate surface area is 150 Å². The average molecular weight is 343 g/mol. The van der Waals surface area contributed by atoms with Gasteiger partial charge in [-0.1, -0.05) is 0 Å². The second-order valence-electron chi connectivity index (χ2n) is 8.05. The molecule has 3 aliphatic rings. The zero-order chi connectivity index (χ0) is 17.3. The number of rotatable bonds is 3. The first kappa shape index (κ1) is 17.0. The lowest BCUT2D eigenvalue weighted by Gasteiger charge is -2.40. The van der Waals surface area contributed by atoms with E-state index in [-0.39, 0.29) is 11.5 Å². The van der Waals surface area contributed by atoms with E-state index < -0.39 is 0 Å². The minimum absolute atomic E-state index is 0.0957. The van der Waals surface area contributed by atoms with Crippen molar-refractivity contribution in [1.82, 2.24) is 14.8 Å². The Hall–Kier alpha value is -1.46. The molecule has 0 bridgehead atoms. The number of pyridine rings is 1. The number of carbonyl (C=O) groups is 1. The van der Waals surface area contributed by atoms with Crippen molar-refractivity contribution in [1.29, 1.82) is 0 Å². The van der Waals surface area contributed by atoms with Crippen LogP contribution in [0.5, 0.6) is 0 Å². The van der Waals surface area contributed by atoms with Crippen molar-refractivity contribution in [2.75, 3.05) is 32.7 Å². The molecule has 0 aromatic carbocycles. The van der Waals surface area contributed by atoms with Crippen LogP contribution < -0.4 is 0 Å². The summed E-state index contributed by atoms with van der Waals surface area (Å²) >= 11 is 0. The molecule has 4 heterocycles. The number of aromatic nitrogens is 1. The van der Waals surface area contributed by atoms with Crippen LogP contribution >= 0.6 is 0 Å². The van der Waals surface area contributed by atoms with Crippen LogP contribution in [0.3, 0.4) is 0 Å². The first-order valence-corrected chi connectivity index (χ1v) is 9.75. The number of nitrogens with zero attached hydrogens (tertiary/aromatic N) is 3. The van der Waals surface area contributed by atoms with Gasteiger partial charge < -0.3 is 14.5 Å². The molecule has 0 unspecified atom stereocenters. The Morgan fingerprint density at radius 2 is 2.08 bits per heavy atom. The smallest absolute Gasteiger partial charge is 0.255 e. The molecule has 2 atom stereocenters. The number of hydrogen-bond donors (Lipinski definition) is 0. The normalized spacial score (nSPS) is 30.3. The third-order valence-corrected chi connectivity index (χ3v) is 5.96. The third kappa shape index (κ3) is 3.72. The van der Waals surface area contributed by atoms with Crippen LogP contribution in [0.4, 0.5) is 0 Å². The van der Waals surface area contributed by atoms with Crippen molar-refractivity contribution in [2.45, 2.75) is 57.2 Å². The number of likely N-dealkylation sites (tertiary alicyclic amines) is 2. The predicted octanol–water partition coefficient (Wildman–Crippen LogP) is 2.64. The first-order valence-electron chi connectivity index (χ1n) is 9.75. The number of ether oxygens (including phenoxy) is 1. The maximum atomic E-state index is 12.8. The molecule has 3 fully saturated rings. The molecule has 5 heteroatoms. The summed E-state index contributed by atoms with van der Waals surface area (Å²) in [6.45, 7) is 7.01. The molecule has 1 spiro atoms. The van der Waals surface area contributed by atoms with E-state index in [4.69, 9.17) is 4.74 Å². The van der Waals surface area contributed by atoms with Crippen molar-refractivity contribution in [3.05, 3.63) is 29.6 Å². The lowest BCUT2D eigenvalue weighted by Crippen LogP contribution is -2.47. The highest BCUT2D eigenvalue weighted by molar-refractivity contribution is 5.94. The summed E-state index contributed by atoms with van der Waals surface area (Å²) in [5, 5.41) is 0. The third-order valence-electron chi connectivity index (χ3n) is 5.96. The average Bonchev–Trinajstić information content (AvgIpc) is 3.25. The maximum absolute atomic E-state index is 12.8. The quantitative estimate of drug-likeness (QED) is 0.846. The van der Waals surface area contributed by atoms with Gasteiger partial charge in [-0.25, -0.2) is 0 Å². The Morgan fingerprint density at radius 1 is 1.24 bits per heavy atom. The van der Waals surface area contributed by atoms with Crippen molar-refractivity contribution < 1.29 is 9.53 Å². The SMILES string of the molecule is Cc1cncc(C(=O)N2CC[C@]3(CCC[C@H](CN4CCCC4)O3)C2)c1. The molecule has 5 nitrogen and oxygen atoms in total. The van der Waals surface area contributed by atoms with Crippen LogP contribution in [-0.2, 0) is 4.74 Å². The van der Waals surface area contributed by atoms with E-state index in [1.165, 1.54) is 32.4 Å². The molecule has 0 saturated carbocycles. The second kappa shape index (κ2) is 7.04. The number of amides is 1. The molecular formula is C20H29N3O2. The summed E-state index contributed by atoms with van der Waals surface area (Å²) in [6.07, 6.45) is 10.9. The fourth-order valence-electron chi connectivity index (χ4n) is 4.68. The van der Waals surface area contributed by atoms with Crippen LogP contribution in [0.25, 0.3) is 0 Å². The van der Waals surface area contributed by atoms with E-state index in [0.29, 0.717) is 11.7 Å². The molecule has 1 aromatic heterocycles.